The molecule has 0 saturated heterocycles. The van der Waals surface area contributed by atoms with Crippen LogP contribution in [0.15, 0.2) is 36.4 Å². The van der Waals surface area contributed by atoms with Gasteiger partial charge in [-0.25, -0.2) is 0 Å². The van der Waals surface area contributed by atoms with Crippen molar-refractivity contribution in [2.45, 2.75) is 6.92 Å². The standard InChI is InChI=1S/C14H13ClN2O2/c1-8-3-2-4-12(13(8)18)17-14(19)9-5-6-11(16)10(15)7-9/h2-7,18H,16H2,1H3,(H,17,19). The van der Waals surface area contributed by atoms with Gasteiger partial charge in [-0.3, -0.25) is 4.79 Å². The minimum atomic E-state index is -0.359. The van der Waals surface area contributed by atoms with Crippen molar-refractivity contribution in [1.82, 2.24) is 0 Å². The maximum absolute atomic E-state index is 12.0. The zero-order chi connectivity index (χ0) is 14.0. The lowest BCUT2D eigenvalue weighted by molar-refractivity contribution is 0.102. The van der Waals surface area contributed by atoms with Gasteiger partial charge in [-0.15, -0.1) is 0 Å². The molecular weight excluding hydrogens is 264 g/mol. The maximum atomic E-state index is 12.0. The first kappa shape index (κ1) is 13.2. The summed E-state index contributed by atoms with van der Waals surface area (Å²) >= 11 is 5.86. The van der Waals surface area contributed by atoms with Crippen molar-refractivity contribution in [3.8, 4) is 5.75 Å². The second kappa shape index (κ2) is 5.20. The molecule has 0 fully saturated rings. The number of para-hydroxylation sites is 1. The molecule has 19 heavy (non-hydrogen) atoms. The van der Waals surface area contributed by atoms with Gasteiger partial charge in [0.05, 0.1) is 16.4 Å². The number of aryl methyl sites for hydroxylation is 1. The van der Waals surface area contributed by atoms with Crippen molar-refractivity contribution in [3.63, 3.8) is 0 Å². The van der Waals surface area contributed by atoms with Crippen LogP contribution >= 0.6 is 11.6 Å². The van der Waals surface area contributed by atoms with E-state index in [-0.39, 0.29) is 11.7 Å². The molecule has 0 aromatic heterocycles. The number of nitrogen functional groups attached to an aromatic ring is 1. The first-order valence-electron chi connectivity index (χ1n) is 5.64. The quantitative estimate of drug-likeness (QED) is 0.582. The molecule has 1 amide bonds. The first-order chi connectivity index (χ1) is 8.99. The van der Waals surface area contributed by atoms with E-state index in [0.29, 0.717) is 27.5 Å². The van der Waals surface area contributed by atoms with Gasteiger partial charge in [0, 0.05) is 5.56 Å². The highest BCUT2D eigenvalue weighted by Crippen LogP contribution is 2.27. The van der Waals surface area contributed by atoms with Crippen LogP contribution in [0.3, 0.4) is 0 Å². The topological polar surface area (TPSA) is 75.4 Å². The van der Waals surface area contributed by atoms with Gasteiger partial charge >= 0.3 is 0 Å². The van der Waals surface area contributed by atoms with E-state index >= 15 is 0 Å². The van der Waals surface area contributed by atoms with Crippen LogP contribution < -0.4 is 11.1 Å². The number of nitrogens with two attached hydrogens (primary N) is 1. The number of carbonyl (C=O) groups is 1. The number of nitrogens with one attached hydrogen (secondary N) is 1. The largest absolute Gasteiger partial charge is 0.505 e. The van der Waals surface area contributed by atoms with Gasteiger partial charge in [-0.1, -0.05) is 23.7 Å². The number of anilines is 2. The molecule has 0 heterocycles. The Bertz CT molecular complexity index is 641. The third kappa shape index (κ3) is 2.80. The molecule has 5 heteroatoms. The van der Waals surface area contributed by atoms with Gasteiger partial charge in [0.2, 0.25) is 0 Å². The van der Waals surface area contributed by atoms with E-state index in [0.717, 1.165) is 0 Å². The molecule has 4 N–H and O–H groups in total. The molecule has 2 aromatic carbocycles. The van der Waals surface area contributed by atoms with Gasteiger partial charge < -0.3 is 16.2 Å². The molecule has 2 rings (SSSR count). The van der Waals surface area contributed by atoms with E-state index in [2.05, 4.69) is 5.32 Å². The third-order valence-corrected chi connectivity index (χ3v) is 3.08. The summed E-state index contributed by atoms with van der Waals surface area (Å²) < 4.78 is 0. The number of amides is 1. The van der Waals surface area contributed by atoms with E-state index in [1.807, 2.05) is 0 Å². The predicted octanol–water partition coefficient (Wildman–Crippen LogP) is 3.19. The summed E-state index contributed by atoms with van der Waals surface area (Å²) in [4.78, 5) is 12.0. The van der Waals surface area contributed by atoms with Gasteiger partial charge in [0.1, 0.15) is 5.75 Å². The second-order valence-corrected chi connectivity index (χ2v) is 4.57. The third-order valence-electron chi connectivity index (χ3n) is 2.75. The van der Waals surface area contributed by atoms with Crippen molar-refractivity contribution in [2.75, 3.05) is 11.1 Å². The predicted molar refractivity (Wildman–Crippen MR) is 76.7 cm³/mol. The molecule has 2 aromatic rings. The average Bonchev–Trinajstić information content (AvgIpc) is 2.38. The number of phenolic OH excluding ortho intramolecular Hbond substituents is 1. The SMILES string of the molecule is Cc1cccc(NC(=O)c2ccc(N)c(Cl)c2)c1O. The lowest BCUT2D eigenvalue weighted by Crippen LogP contribution is -2.12. The Morgan fingerprint density at radius 2 is 2.05 bits per heavy atom. The van der Waals surface area contributed by atoms with E-state index in [4.69, 9.17) is 17.3 Å². The summed E-state index contributed by atoms with van der Waals surface area (Å²) in [6.45, 7) is 1.76. The highest BCUT2D eigenvalue weighted by Gasteiger charge is 2.11. The molecule has 0 aliphatic heterocycles. The summed E-state index contributed by atoms with van der Waals surface area (Å²) in [5, 5.41) is 12.8. The number of halogens is 1. The average molecular weight is 277 g/mol. The zero-order valence-corrected chi connectivity index (χ0v) is 11.0. The second-order valence-electron chi connectivity index (χ2n) is 4.16. The molecule has 0 spiro atoms. The van der Waals surface area contributed by atoms with E-state index in [9.17, 15) is 9.90 Å². The van der Waals surface area contributed by atoms with Gasteiger partial charge in [0.25, 0.3) is 5.91 Å². The normalized spacial score (nSPS) is 10.2. The number of hydrogen-bond donors (Lipinski definition) is 3. The molecule has 0 unspecified atom stereocenters. The zero-order valence-electron chi connectivity index (χ0n) is 10.3. The Labute approximate surface area is 115 Å². The number of phenols is 1. The molecule has 0 aliphatic rings. The van der Waals surface area contributed by atoms with E-state index in [1.165, 1.54) is 6.07 Å². The summed E-state index contributed by atoms with van der Waals surface area (Å²) in [6, 6.07) is 9.75. The lowest BCUT2D eigenvalue weighted by atomic mass is 10.1. The van der Waals surface area contributed by atoms with Crippen LogP contribution in [0.5, 0.6) is 5.75 Å². The number of aromatic hydroxyl groups is 1. The Hall–Kier alpha value is -2.20. The fourth-order valence-electron chi connectivity index (χ4n) is 1.62. The maximum Gasteiger partial charge on any atom is 0.255 e. The fourth-order valence-corrected chi connectivity index (χ4v) is 1.80. The molecule has 0 atom stereocenters. The number of carbonyl (C=O) groups excluding carboxylic acids is 1. The van der Waals surface area contributed by atoms with Crippen molar-refractivity contribution in [1.29, 1.82) is 0 Å². The minimum Gasteiger partial charge on any atom is -0.505 e. The van der Waals surface area contributed by atoms with Crippen LogP contribution in [0.1, 0.15) is 15.9 Å². The number of rotatable bonds is 2. The molecule has 0 bridgehead atoms. The Balaban J connectivity index is 2.26. The van der Waals surface area contributed by atoms with Crippen LogP contribution in [0.4, 0.5) is 11.4 Å². The van der Waals surface area contributed by atoms with Gasteiger partial charge in [-0.05, 0) is 36.8 Å². The lowest BCUT2D eigenvalue weighted by Gasteiger charge is -2.09. The summed E-state index contributed by atoms with van der Waals surface area (Å²) in [5.41, 5.74) is 7.42. The smallest absolute Gasteiger partial charge is 0.255 e. The number of hydrogen-bond acceptors (Lipinski definition) is 3. The highest BCUT2D eigenvalue weighted by molar-refractivity contribution is 6.33. The molecule has 4 nitrogen and oxygen atoms in total. The van der Waals surface area contributed by atoms with Crippen molar-refractivity contribution >= 4 is 28.9 Å². The Morgan fingerprint density at radius 3 is 2.74 bits per heavy atom. The molecule has 0 aliphatic carbocycles. The highest BCUT2D eigenvalue weighted by atomic mass is 35.5. The van der Waals surface area contributed by atoms with Crippen LogP contribution in [-0.4, -0.2) is 11.0 Å². The fraction of sp³-hybridized carbons (Fsp3) is 0.0714. The van der Waals surface area contributed by atoms with Gasteiger partial charge in [0.15, 0.2) is 0 Å². The van der Waals surface area contributed by atoms with Crippen LogP contribution in [0.25, 0.3) is 0 Å². The molecule has 0 radical (unpaired) electrons. The van der Waals surface area contributed by atoms with Crippen LogP contribution in [0, 0.1) is 6.92 Å². The van der Waals surface area contributed by atoms with Gasteiger partial charge in [-0.2, -0.15) is 0 Å². The van der Waals surface area contributed by atoms with Crippen LogP contribution in [-0.2, 0) is 0 Å². The Morgan fingerprint density at radius 1 is 1.32 bits per heavy atom. The summed E-state index contributed by atoms with van der Waals surface area (Å²) in [5.74, 6) is -0.305. The van der Waals surface area contributed by atoms with E-state index < -0.39 is 0 Å². The minimum absolute atomic E-state index is 0.0531. The van der Waals surface area contributed by atoms with E-state index in [1.54, 1.807) is 37.3 Å². The summed E-state index contributed by atoms with van der Waals surface area (Å²) in [6.07, 6.45) is 0. The first-order valence-corrected chi connectivity index (χ1v) is 6.02. The molecule has 98 valence electrons. The summed E-state index contributed by atoms with van der Waals surface area (Å²) in [7, 11) is 0. The monoisotopic (exact) mass is 276 g/mol. The van der Waals surface area contributed by atoms with Crippen LogP contribution in [0.2, 0.25) is 5.02 Å². The number of benzene rings is 2. The van der Waals surface area contributed by atoms with Crippen molar-refractivity contribution in [3.05, 3.63) is 52.5 Å². The van der Waals surface area contributed by atoms with Crippen molar-refractivity contribution < 1.29 is 9.90 Å². The molecule has 0 saturated carbocycles. The molecular formula is C14H13ClN2O2. The van der Waals surface area contributed by atoms with Crippen molar-refractivity contribution in [2.24, 2.45) is 0 Å². The Kier molecular flexibility index (Phi) is 3.62.